The highest BCUT2D eigenvalue weighted by Gasteiger charge is 1.96. The van der Waals surface area contributed by atoms with E-state index >= 15 is 0 Å². The van der Waals surface area contributed by atoms with Crippen LogP contribution in [0, 0.1) is 0 Å². The monoisotopic (exact) mass is 172 g/mol. The fourth-order valence-electron chi connectivity index (χ4n) is 0.141. The average Bonchev–Trinajstić information content (AvgIpc) is 1.96. The van der Waals surface area contributed by atoms with Gasteiger partial charge in [0, 0.05) is 0 Å². The Balaban J connectivity index is 2.80. The Bertz CT molecular complexity index is 73.7. The maximum atomic E-state index is 7.46. The van der Waals surface area contributed by atoms with E-state index in [1.807, 2.05) is 0 Å². The topological polar surface area (TPSA) is 84.8 Å². The average molecular weight is 172 g/mol. The first-order valence-electron chi connectivity index (χ1n) is 2.57. The molecule has 0 unspecified atom stereocenters. The molecule has 1 N–H and O–H groups in total. The molecule has 68 valence electrons. The summed E-state index contributed by atoms with van der Waals surface area (Å²) in [5, 5.41) is 28.3. The first-order chi connectivity index (χ1) is 5.27. The normalized spacial score (nSPS) is 10.9. The smallest absolute Gasteiger partial charge is 0.0906 e. The molecule has 0 spiro atoms. The summed E-state index contributed by atoms with van der Waals surface area (Å²) in [6.07, 6.45) is -0.200. The van der Waals surface area contributed by atoms with E-state index in [1.54, 1.807) is 13.8 Å². The van der Waals surface area contributed by atoms with E-state index in [1.165, 1.54) is 0 Å². The molecule has 0 saturated heterocycles. The highest BCUT2D eigenvalue weighted by molar-refractivity contribution is 4.24. The molecule has 0 atom stereocenters. The Morgan fingerprint density at radius 2 is 1.45 bits per heavy atom. The second-order valence-corrected chi connectivity index (χ2v) is 1.56. The van der Waals surface area contributed by atoms with Gasteiger partial charge in [0.05, 0.1) is 6.10 Å². The Hall–Kier alpha value is -0.320. The summed E-state index contributed by atoms with van der Waals surface area (Å²) in [6.45, 7) is 3.38. The van der Waals surface area contributed by atoms with Crippen molar-refractivity contribution in [2.45, 2.75) is 20.0 Å². The van der Waals surface area contributed by atoms with E-state index in [0.29, 0.717) is 0 Å². The molecule has 8 nitrogen and oxygen atoms in total. The molecular weight excluding hydrogens is 164 g/mol. The maximum absolute atomic E-state index is 7.46. The van der Waals surface area contributed by atoms with Crippen molar-refractivity contribution in [3.05, 3.63) is 0 Å². The molecule has 0 aromatic carbocycles. The lowest BCUT2D eigenvalue weighted by atomic mass is 10.5. The van der Waals surface area contributed by atoms with Crippen LogP contribution in [0.3, 0.4) is 0 Å². The largest absolute Gasteiger partial charge is 0.219 e. The van der Waals surface area contributed by atoms with E-state index < -0.39 is 0 Å². The zero-order valence-electron chi connectivity index (χ0n) is 5.88. The van der Waals surface area contributed by atoms with Gasteiger partial charge in [-0.2, -0.15) is 0 Å². The molecule has 0 aliphatic carbocycles. The van der Waals surface area contributed by atoms with Gasteiger partial charge in [0.1, 0.15) is 0 Å². The van der Waals surface area contributed by atoms with Gasteiger partial charge in [-0.3, -0.25) is 0 Å². The first-order valence-corrected chi connectivity index (χ1v) is 2.57. The van der Waals surface area contributed by atoms with Crippen LogP contribution in [0.5, 0.6) is 0 Å². The minimum absolute atomic E-state index is 0.200. The summed E-state index contributed by atoms with van der Waals surface area (Å²) in [5.74, 6) is 0. The van der Waals surface area contributed by atoms with Gasteiger partial charge >= 0.3 is 0 Å². The molecule has 0 aliphatic heterocycles. The van der Waals surface area contributed by atoms with Gasteiger partial charge in [-0.1, -0.05) is 0 Å². The van der Waals surface area contributed by atoms with Crippen LogP contribution >= 0.6 is 0 Å². The van der Waals surface area contributed by atoms with Crippen molar-refractivity contribution in [2.75, 3.05) is 0 Å². The molecule has 0 radical (unpaired) electrons. The van der Waals surface area contributed by atoms with Gasteiger partial charge in [-0.15, -0.1) is 0 Å². The third kappa shape index (κ3) is 9.68. The molecule has 0 aromatic heterocycles. The molecule has 0 fully saturated rings. The van der Waals surface area contributed by atoms with Gasteiger partial charge in [-0.25, -0.2) is 10.1 Å². The third-order valence-electron chi connectivity index (χ3n) is 0.373. The third-order valence-corrected chi connectivity index (χ3v) is 0.373. The van der Waals surface area contributed by atoms with Crippen molar-refractivity contribution < 1.29 is 40.4 Å². The van der Waals surface area contributed by atoms with Crippen LogP contribution in [0.4, 0.5) is 0 Å². The molecule has 0 heterocycles. The summed E-state index contributed by atoms with van der Waals surface area (Å²) < 4.78 is 0. The Kier molecular flexibility index (Phi) is 7.56. The van der Waals surface area contributed by atoms with Crippen molar-refractivity contribution in [1.82, 2.24) is 0 Å². The van der Waals surface area contributed by atoms with Crippen LogP contribution in [0.1, 0.15) is 13.8 Å². The highest BCUT2D eigenvalue weighted by Crippen LogP contribution is 1.91. The van der Waals surface area contributed by atoms with Gasteiger partial charge in [0.25, 0.3) is 0 Å². The molecule has 8 heteroatoms. The van der Waals surface area contributed by atoms with Crippen molar-refractivity contribution in [2.24, 2.45) is 0 Å². The van der Waals surface area contributed by atoms with Crippen LogP contribution in [0.25, 0.3) is 0 Å². The summed E-state index contributed by atoms with van der Waals surface area (Å²) in [4.78, 5) is 4.34. The van der Waals surface area contributed by atoms with Gasteiger partial charge in [-0.05, 0) is 44.1 Å². The molecule has 0 aromatic rings. The number of hydrogen-bond acceptors (Lipinski definition) is 8. The van der Waals surface area contributed by atoms with E-state index in [4.69, 9.17) is 5.26 Å². The zero-order valence-corrected chi connectivity index (χ0v) is 5.88. The van der Waals surface area contributed by atoms with Gasteiger partial charge < -0.3 is 0 Å². The predicted octanol–water partition coefficient (Wildman–Crippen LogP) is 0.474. The van der Waals surface area contributed by atoms with Crippen LogP contribution in [-0.2, 0) is 35.1 Å². The SMILES string of the molecule is CC(C)OOOOOOOO. The molecule has 11 heavy (non-hydrogen) atoms. The lowest BCUT2D eigenvalue weighted by molar-refractivity contribution is -0.813. The zero-order chi connectivity index (χ0) is 8.53. The number of hydrogen-bond donors (Lipinski definition) is 1. The van der Waals surface area contributed by atoms with Gasteiger partial charge in [0.15, 0.2) is 0 Å². The van der Waals surface area contributed by atoms with E-state index in [9.17, 15) is 0 Å². The Morgan fingerprint density at radius 3 is 2.00 bits per heavy atom. The van der Waals surface area contributed by atoms with Gasteiger partial charge in [0.2, 0.25) is 0 Å². The van der Waals surface area contributed by atoms with Crippen molar-refractivity contribution >= 4 is 0 Å². The van der Waals surface area contributed by atoms with Crippen molar-refractivity contribution in [3.63, 3.8) is 0 Å². The molecule has 0 aliphatic rings. The van der Waals surface area contributed by atoms with Crippen LogP contribution in [0.2, 0.25) is 0 Å². The standard InChI is InChI=1S/C3H8O8/c1-3(2)5-7-9-11-10-8-6-4/h3-4H,1-2H3. The van der Waals surface area contributed by atoms with Crippen LogP contribution in [0.15, 0.2) is 0 Å². The molecule has 0 amide bonds. The fourth-order valence-corrected chi connectivity index (χ4v) is 0.141. The lowest BCUT2D eigenvalue weighted by Crippen LogP contribution is -2.05. The van der Waals surface area contributed by atoms with Crippen LogP contribution in [-0.4, -0.2) is 11.4 Å². The Morgan fingerprint density at radius 1 is 0.909 bits per heavy atom. The predicted molar refractivity (Wildman–Crippen MR) is 25.4 cm³/mol. The van der Waals surface area contributed by atoms with E-state index in [-0.39, 0.29) is 6.10 Å². The van der Waals surface area contributed by atoms with E-state index in [2.05, 4.69) is 35.1 Å². The highest BCUT2D eigenvalue weighted by atomic mass is 17.9. The summed E-state index contributed by atoms with van der Waals surface area (Å²) in [5.41, 5.74) is 0. The summed E-state index contributed by atoms with van der Waals surface area (Å²) >= 11 is 0. The quantitative estimate of drug-likeness (QED) is 0.337. The Labute approximate surface area is 61.6 Å². The lowest BCUT2D eigenvalue weighted by Gasteiger charge is -2.01. The van der Waals surface area contributed by atoms with Crippen molar-refractivity contribution in [3.8, 4) is 0 Å². The molecule has 0 rings (SSSR count). The minimum Gasteiger partial charge on any atom is -0.219 e. The van der Waals surface area contributed by atoms with Crippen LogP contribution < -0.4 is 0 Å². The molecular formula is C3H8O8. The molecule has 0 saturated carbocycles. The fraction of sp³-hybridized carbons (Fsp3) is 1.00. The second-order valence-electron chi connectivity index (χ2n) is 1.56. The summed E-state index contributed by atoms with van der Waals surface area (Å²) in [7, 11) is 0. The second kappa shape index (κ2) is 7.78. The maximum Gasteiger partial charge on any atom is 0.0906 e. The minimum atomic E-state index is -0.200. The molecule has 0 bridgehead atoms. The summed E-state index contributed by atoms with van der Waals surface area (Å²) in [6, 6.07) is 0. The first kappa shape index (κ1) is 10.7. The van der Waals surface area contributed by atoms with Crippen molar-refractivity contribution in [1.29, 1.82) is 0 Å². The number of rotatable bonds is 7. The van der Waals surface area contributed by atoms with E-state index in [0.717, 1.165) is 0 Å².